The monoisotopic (exact) mass is 455 g/mol. The van der Waals surface area contributed by atoms with Gasteiger partial charge in [0, 0.05) is 7.05 Å². The van der Waals surface area contributed by atoms with E-state index in [1.807, 2.05) is 13.8 Å². The lowest BCUT2D eigenvalue weighted by atomic mass is 10.2. The Hall–Kier alpha value is -1.00. The molecule has 2 atom stereocenters. The van der Waals surface area contributed by atoms with E-state index in [0.29, 0.717) is 8.66 Å². The molecule has 1 aromatic heterocycles. The Morgan fingerprint density at radius 2 is 2.12 bits per heavy atom. The van der Waals surface area contributed by atoms with Gasteiger partial charge in [0.2, 0.25) is 5.96 Å². The van der Waals surface area contributed by atoms with Gasteiger partial charge < -0.3 is 4.74 Å². The number of nitrogens with one attached hydrogen (secondary N) is 1. The predicted octanol–water partition coefficient (Wildman–Crippen LogP) is 4.21. The normalized spacial score (nSPS) is 20.3. The van der Waals surface area contributed by atoms with Crippen LogP contribution in [0.5, 0.6) is 0 Å². The molecule has 0 saturated heterocycles. The first-order valence-corrected chi connectivity index (χ1v) is 10.6. The second-order valence-corrected chi connectivity index (χ2v) is 9.83. The highest BCUT2D eigenvalue weighted by atomic mass is 79.9. The maximum atomic E-state index is 13.9. The second kappa shape index (κ2) is 9.09. The van der Waals surface area contributed by atoms with Crippen LogP contribution < -0.4 is 5.32 Å². The molecule has 1 aromatic rings. The molecule has 0 bridgehead atoms. The number of halogens is 2. The van der Waals surface area contributed by atoms with Gasteiger partial charge >= 0.3 is 6.09 Å². The summed E-state index contributed by atoms with van der Waals surface area (Å²) in [6.07, 6.45) is -0.700. The highest BCUT2D eigenvalue weighted by Gasteiger charge is 2.31. The van der Waals surface area contributed by atoms with E-state index in [1.165, 1.54) is 21.7 Å². The number of ether oxygens (including phenoxy) is 1. The lowest BCUT2D eigenvalue weighted by Crippen LogP contribution is -2.48. The van der Waals surface area contributed by atoms with E-state index in [2.05, 4.69) is 26.2 Å². The molecule has 2 unspecified atom stereocenters. The summed E-state index contributed by atoms with van der Waals surface area (Å²) in [4.78, 5) is 16.6. The summed E-state index contributed by atoms with van der Waals surface area (Å²) in [5.41, 5.74) is -0.666. The first kappa shape index (κ1) is 22.0. The predicted molar refractivity (Wildman–Crippen MR) is 104 cm³/mol. The molecule has 0 fully saturated rings. The quantitative estimate of drug-likeness (QED) is 0.689. The highest BCUT2D eigenvalue weighted by Crippen LogP contribution is 2.34. The van der Waals surface area contributed by atoms with Crippen molar-refractivity contribution in [3.8, 4) is 0 Å². The molecule has 2 rings (SSSR count). The minimum absolute atomic E-state index is 0.0951. The molecule has 10 heteroatoms. The first-order chi connectivity index (χ1) is 11.6. The summed E-state index contributed by atoms with van der Waals surface area (Å²) in [5, 5.41) is 2.47. The zero-order valence-electron chi connectivity index (χ0n) is 15.1. The standard InChI is InChI=1S/C13H17BrFN3O3S2.C2H6/c1-13(2,3)21-12(19)17-11-16-8(6-23(20)18(11)4)10-7(15)5-9(14)22-10;1-2/h5,8H,6H2,1-4H3,(H,16,17,19);1-2H3. The third-order valence-electron chi connectivity index (χ3n) is 2.78. The number of alkyl carbamates (subject to hydrolysis) is 1. The van der Waals surface area contributed by atoms with Crippen LogP contribution >= 0.6 is 27.3 Å². The molecule has 1 amide bonds. The molecule has 0 spiro atoms. The summed E-state index contributed by atoms with van der Waals surface area (Å²) in [6, 6.07) is 0.728. The third-order valence-corrected chi connectivity index (χ3v) is 5.88. The summed E-state index contributed by atoms with van der Waals surface area (Å²) < 4.78 is 33.2. The Bertz CT molecular complexity index is 673. The van der Waals surface area contributed by atoms with Gasteiger partial charge in [-0.25, -0.2) is 18.4 Å². The lowest BCUT2D eigenvalue weighted by molar-refractivity contribution is 0.0559. The molecule has 1 aliphatic rings. The molecule has 0 radical (unpaired) electrons. The van der Waals surface area contributed by atoms with E-state index in [0.717, 1.165) is 0 Å². The third kappa shape index (κ3) is 6.34. The molecular formula is C15H23BrFN3O3S2. The van der Waals surface area contributed by atoms with Crippen LogP contribution in [-0.2, 0) is 15.7 Å². The molecule has 1 aliphatic heterocycles. The minimum atomic E-state index is -1.43. The van der Waals surface area contributed by atoms with E-state index >= 15 is 0 Å². The van der Waals surface area contributed by atoms with Crippen molar-refractivity contribution >= 4 is 50.3 Å². The first-order valence-electron chi connectivity index (χ1n) is 7.71. The molecule has 0 saturated carbocycles. The number of nitrogens with zero attached hydrogens (tertiary/aromatic N) is 2. The van der Waals surface area contributed by atoms with Gasteiger partial charge in [0.05, 0.1) is 14.4 Å². The average molecular weight is 456 g/mol. The van der Waals surface area contributed by atoms with Crippen LogP contribution in [0.1, 0.15) is 45.5 Å². The van der Waals surface area contributed by atoms with Crippen molar-refractivity contribution in [1.82, 2.24) is 9.62 Å². The smallest absolute Gasteiger partial charge is 0.414 e. The summed E-state index contributed by atoms with van der Waals surface area (Å²) in [6.45, 7) is 9.20. The number of carbonyl (C=O) groups excluding carboxylic acids is 1. The van der Waals surface area contributed by atoms with Crippen LogP contribution in [-0.4, -0.2) is 39.0 Å². The fourth-order valence-corrected chi connectivity index (χ4v) is 4.48. The number of thiophene rings is 1. The van der Waals surface area contributed by atoms with Gasteiger partial charge in [-0.2, -0.15) is 0 Å². The SMILES string of the molecule is CC.CN1C(NC(=O)OC(C)(C)C)=NC(c2sc(Br)cc2F)CS1=O. The molecular weight excluding hydrogens is 433 g/mol. The number of guanidine groups is 1. The van der Waals surface area contributed by atoms with Crippen molar-refractivity contribution in [2.75, 3.05) is 12.8 Å². The van der Waals surface area contributed by atoms with Crippen LogP contribution in [0.15, 0.2) is 14.8 Å². The largest absolute Gasteiger partial charge is 0.444 e. The fraction of sp³-hybridized carbons (Fsp3) is 0.600. The van der Waals surface area contributed by atoms with Crippen molar-refractivity contribution < 1.29 is 18.1 Å². The number of aliphatic imine (C=N–C) groups is 1. The number of carbonyl (C=O) groups is 1. The van der Waals surface area contributed by atoms with E-state index in [4.69, 9.17) is 4.74 Å². The Morgan fingerprint density at radius 3 is 2.60 bits per heavy atom. The number of rotatable bonds is 1. The number of hydrogen-bond donors (Lipinski definition) is 1. The molecule has 1 N–H and O–H groups in total. The van der Waals surface area contributed by atoms with E-state index < -0.39 is 34.5 Å². The fourth-order valence-electron chi connectivity index (χ4n) is 1.83. The zero-order valence-corrected chi connectivity index (χ0v) is 18.3. The van der Waals surface area contributed by atoms with Gasteiger partial charge in [-0.3, -0.25) is 9.62 Å². The molecule has 0 aromatic carbocycles. The van der Waals surface area contributed by atoms with Crippen molar-refractivity contribution in [2.24, 2.45) is 4.99 Å². The Balaban J connectivity index is 0.00000151. The summed E-state index contributed by atoms with van der Waals surface area (Å²) in [7, 11) is 0.118. The molecule has 142 valence electrons. The Labute approximate surface area is 162 Å². The van der Waals surface area contributed by atoms with E-state index in [-0.39, 0.29) is 11.7 Å². The minimum Gasteiger partial charge on any atom is -0.444 e. The second-order valence-electron chi connectivity index (χ2n) is 5.84. The lowest BCUT2D eigenvalue weighted by Gasteiger charge is -2.28. The highest BCUT2D eigenvalue weighted by molar-refractivity contribution is 9.11. The van der Waals surface area contributed by atoms with Gasteiger partial charge in [0.15, 0.2) is 0 Å². The topological polar surface area (TPSA) is 71.0 Å². The van der Waals surface area contributed by atoms with Crippen LogP contribution in [0.2, 0.25) is 0 Å². The van der Waals surface area contributed by atoms with E-state index in [1.54, 1.807) is 27.8 Å². The van der Waals surface area contributed by atoms with Crippen molar-refractivity contribution in [3.63, 3.8) is 0 Å². The van der Waals surface area contributed by atoms with Crippen LogP contribution in [0, 0.1) is 5.82 Å². The molecule has 6 nitrogen and oxygen atoms in total. The van der Waals surface area contributed by atoms with Gasteiger partial charge in [0.1, 0.15) is 28.4 Å². The number of amides is 1. The van der Waals surface area contributed by atoms with Crippen LogP contribution in [0.25, 0.3) is 0 Å². The molecule has 25 heavy (non-hydrogen) atoms. The number of hydrogen-bond acceptors (Lipinski definition) is 5. The summed E-state index contributed by atoms with van der Waals surface area (Å²) in [5.74, 6) is -0.161. The van der Waals surface area contributed by atoms with Gasteiger partial charge in [-0.1, -0.05) is 13.8 Å². The Kier molecular flexibility index (Phi) is 8.01. The molecule has 2 heterocycles. The maximum absolute atomic E-state index is 13.9. The molecule has 0 aliphatic carbocycles. The summed E-state index contributed by atoms with van der Waals surface area (Å²) >= 11 is 4.41. The Morgan fingerprint density at radius 1 is 1.52 bits per heavy atom. The van der Waals surface area contributed by atoms with E-state index in [9.17, 15) is 13.4 Å². The maximum Gasteiger partial charge on any atom is 0.414 e. The van der Waals surface area contributed by atoms with Gasteiger partial charge in [-0.05, 0) is 42.8 Å². The van der Waals surface area contributed by atoms with Crippen molar-refractivity contribution in [1.29, 1.82) is 0 Å². The van der Waals surface area contributed by atoms with Crippen LogP contribution in [0.3, 0.4) is 0 Å². The van der Waals surface area contributed by atoms with Gasteiger partial charge in [-0.15, -0.1) is 11.3 Å². The van der Waals surface area contributed by atoms with Crippen LogP contribution in [0.4, 0.5) is 9.18 Å². The van der Waals surface area contributed by atoms with Crippen molar-refractivity contribution in [2.45, 2.75) is 46.3 Å². The average Bonchev–Trinajstić information content (AvgIpc) is 2.82. The van der Waals surface area contributed by atoms with Crippen molar-refractivity contribution in [3.05, 3.63) is 20.5 Å². The zero-order chi connectivity index (χ0) is 19.4. The van der Waals surface area contributed by atoms with Gasteiger partial charge in [0.25, 0.3) is 0 Å².